The number of aromatic nitrogens is 5. The molecule has 3 heterocycles. The molecular formula is C22H30N6O2. The predicted octanol–water partition coefficient (Wildman–Crippen LogP) is 3.32. The number of hydrogen-bond donors (Lipinski definition) is 1. The number of aromatic amines is 1. The molecule has 0 bridgehead atoms. The van der Waals surface area contributed by atoms with Gasteiger partial charge in [-0.2, -0.15) is 0 Å². The Bertz CT molecular complexity index is 1060. The van der Waals surface area contributed by atoms with Gasteiger partial charge in [-0.15, -0.1) is 5.10 Å². The van der Waals surface area contributed by atoms with Gasteiger partial charge in [0, 0.05) is 16.5 Å². The predicted molar refractivity (Wildman–Crippen MR) is 116 cm³/mol. The number of tetrazole rings is 1. The third-order valence-electron chi connectivity index (χ3n) is 5.89. The van der Waals surface area contributed by atoms with E-state index in [-0.39, 0.29) is 17.6 Å². The van der Waals surface area contributed by atoms with E-state index in [1.165, 1.54) is 0 Å². The van der Waals surface area contributed by atoms with Crippen molar-refractivity contribution in [3.8, 4) is 5.75 Å². The second-order valence-electron chi connectivity index (χ2n) is 8.43. The number of ether oxygens (including phenoxy) is 1. The maximum Gasteiger partial charge on any atom is 0.253 e. The third kappa shape index (κ3) is 3.96. The summed E-state index contributed by atoms with van der Waals surface area (Å²) in [6.45, 7) is 10.8. The zero-order valence-corrected chi connectivity index (χ0v) is 18.1. The average Bonchev–Trinajstić information content (AvgIpc) is 3.20. The second kappa shape index (κ2) is 8.55. The van der Waals surface area contributed by atoms with Gasteiger partial charge in [0.2, 0.25) is 0 Å². The van der Waals surface area contributed by atoms with Crippen LogP contribution in [0.5, 0.6) is 5.75 Å². The Balaban J connectivity index is 1.85. The number of rotatable bonds is 6. The van der Waals surface area contributed by atoms with Gasteiger partial charge in [-0.1, -0.05) is 6.92 Å². The molecular weight excluding hydrogens is 380 g/mol. The molecule has 0 radical (unpaired) electrons. The van der Waals surface area contributed by atoms with Crippen molar-refractivity contribution in [1.82, 2.24) is 30.1 Å². The van der Waals surface area contributed by atoms with E-state index in [1.807, 2.05) is 49.7 Å². The van der Waals surface area contributed by atoms with Crippen molar-refractivity contribution < 1.29 is 4.74 Å². The average molecular weight is 411 g/mol. The fraction of sp³-hybridized carbons (Fsp3) is 0.545. The summed E-state index contributed by atoms with van der Waals surface area (Å²) in [4.78, 5) is 18.6. The molecule has 0 saturated carbocycles. The first-order valence-corrected chi connectivity index (χ1v) is 10.8. The van der Waals surface area contributed by atoms with Crippen molar-refractivity contribution in [3.05, 3.63) is 46.0 Å². The molecule has 1 aliphatic heterocycles. The summed E-state index contributed by atoms with van der Waals surface area (Å²) in [5, 5.41) is 13.4. The van der Waals surface area contributed by atoms with Gasteiger partial charge in [0.25, 0.3) is 5.56 Å². The maximum atomic E-state index is 13.2. The lowest BCUT2D eigenvalue weighted by molar-refractivity contribution is 0.148. The highest BCUT2D eigenvalue weighted by Crippen LogP contribution is 2.32. The molecule has 1 unspecified atom stereocenters. The number of nitrogens with one attached hydrogen (secondary N) is 1. The highest BCUT2D eigenvalue weighted by atomic mass is 16.5. The van der Waals surface area contributed by atoms with E-state index in [2.05, 4.69) is 32.3 Å². The second-order valence-corrected chi connectivity index (χ2v) is 8.43. The van der Waals surface area contributed by atoms with E-state index >= 15 is 0 Å². The van der Waals surface area contributed by atoms with Crippen LogP contribution in [0.15, 0.2) is 29.1 Å². The number of piperidine rings is 1. The van der Waals surface area contributed by atoms with Crippen molar-refractivity contribution in [2.75, 3.05) is 19.7 Å². The highest BCUT2D eigenvalue weighted by Gasteiger charge is 2.32. The van der Waals surface area contributed by atoms with Gasteiger partial charge in [0.05, 0.1) is 12.6 Å². The number of fused-ring (bicyclic) bond motifs is 1. The van der Waals surface area contributed by atoms with Crippen molar-refractivity contribution in [2.45, 2.75) is 52.6 Å². The number of nitrogens with zero attached hydrogens (tertiary/aromatic N) is 5. The first-order valence-electron chi connectivity index (χ1n) is 10.8. The van der Waals surface area contributed by atoms with Crippen LogP contribution in [0.4, 0.5) is 0 Å². The van der Waals surface area contributed by atoms with E-state index in [0.29, 0.717) is 23.9 Å². The van der Waals surface area contributed by atoms with Crippen LogP contribution in [-0.2, 0) is 0 Å². The van der Waals surface area contributed by atoms with Crippen LogP contribution in [0.1, 0.15) is 64.0 Å². The largest absolute Gasteiger partial charge is 0.494 e. The van der Waals surface area contributed by atoms with Crippen LogP contribution in [0.3, 0.4) is 0 Å². The standard InChI is InChI=1S/C22H30N6O2/c1-5-30-17-6-7-19-16(12-17)13-18(22(29)23-19)20(27-10-8-15(4)9-11-27)21-24-25-26-28(21)14(2)3/h6-7,12-15,20H,5,8-11H2,1-4H3,(H,23,29). The number of benzene rings is 1. The zero-order chi connectivity index (χ0) is 21.3. The molecule has 4 rings (SSSR count). The lowest BCUT2D eigenvalue weighted by Gasteiger charge is -2.36. The normalized spacial score (nSPS) is 17.0. The van der Waals surface area contributed by atoms with Crippen LogP contribution < -0.4 is 10.3 Å². The molecule has 0 aliphatic carbocycles. The lowest BCUT2D eigenvalue weighted by atomic mass is 9.95. The zero-order valence-electron chi connectivity index (χ0n) is 18.1. The molecule has 1 saturated heterocycles. The third-order valence-corrected chi connectivity index (χ3v) is 5.89. The van der Waals surface area contributed by atoms with Crippen molar-refractivity contribution in [2.24, 2.45) is 5.92 Å². The van der Waals surface area contributed by atoms with Gasteiger partial charge in [-0.05, 0) is 87.3 Å². The molecule has 1 aliphatic rings. The Kier molecular flexibility index (Phi) is 5.85. The van der Waals surface area contributed by atoms with Gasteiger partial charge >= 0.3 is 0 Å². The first kappa shape index (κ1) is 20.5. The Morgan fingerprint density at radius 1 is 1.23 bits per heavy atom. The highest BCUT2D eigenvalue weighted by molar-refractivity contribution is 5.80. The Morgan fingerprint density at radius 2 is 2.00 bits per heavy atom. The summed E-state index contributed by atoms with van der Waals surface area (Å²) in [5.41, 5.74) is 1.36. The molecule has 1 N–H and O–H groups in total. The lowest BCUT2D eigenvalue weighted by Crippen LogP contribution is -2.40. The van der Waals surface area contributed by atoms with E-state index in [4.69, 9.17) is 4.74 Å². The molecule has 1 atom stereocenters. The summed E-state index contributed by atoms with van der Waals surface area (Å²) in [5.74, 6) is 2.19. The maximum absolute atomic E-state index is 13.2. The molecule has 3 aromatic rings. The summed E-state index contributed by atoms with van der Waals surface area (Å²) in [6.07, 6.45) is 2.19. The van der Waals surface area contributed by atoms with Crippen LogP contribution in [-0.4, -0.2) is 49.8 Å². The molecule has 30 heavy (non-hydrogen) atoms. The molecule has 2 aromatic heterocycles. The monoisotopic (exact) mass is 410 g/mol. The van der Waals surface area contributed by atoms with E-state index in [1.54, 1.807) is 0 Å². The fourth-order valence-corrected chi connectivity index (χ4v) is 4.20. The molecule has 160 valence electrons. The number of pyridine rings is 1. The van der Waals surface area contributed by atoms with Crippen LogP contribution in [0.25, 0.3) is 10.9 Å². The van der Waals surface area contributed by atoms with Gasteiger partial charge in [-0.3, -0.25) is 9.69 Å². The Labute approximate surface area is 176 Å². The molecule has 0 spiro atoms. The van der Waals surface area contributed by atoms with Crippen LogP contribution >= 0.6 is 0 Å². The smallest absolute Gasteiger partial charge is 0.253 e. The van der Waals surface area contributed by atoms with Crippen LogP contribution in [0.2, 0.25) is 0 Å². The Hall–Kier alpha value is -2.74. The van der Waals surface area contributed by atoms with Gasteiger partial charge < -0.3 is 9.72 Å². The number of H-pyrrole nitrogens is 1. The summed E-state index contributed by atoms with van der Waals surface area (Å²) >= 11 is 0. The fourth-order valence-electron chi connectivity index (χ4n) is 4.20. The minimum Gasteiger partial charge on any atom is -0.494 e. The molecule has 0 amide bonds. The van der Waals surface area contributed by atoms with E-state index < -0.39 is 0 Å². The minimum atomic E-state index is -0.293. The summed E-state index contributed by atoms with van der Waals surface area (Å²) in [6, 6.07) is 7.52. The van der Waals surface area contributed by atoms with Gasteiger partial charge in [0.1, 0.15) is 11.8 Å². The van der Waals surface area contributed by atoms with Crippen molar-refractivity contribution >= 4 is 10.9 Å². The summed E-state index contributed by atoms with van der Waals surface area (Å²) < 4.78 is 7.48. The number of likely N-dealkylation sites (tertiary alicyclic amines) is 1. The van der Waals surface area contributed by atoms with Gasteiger partial charge in [-0.25, -0.2) is 4.68 Å². The molecule has 8 nitrogen and oxygen atoms in total. The summed E-state index contributed by atoms with van der Waals surface area (Å²) in [7, 11) is 0. The van der Waals surface area contributed by atoms with E-state index in [0.717, 1.165) is 42.6 Å². The minimum absolute atomic E-state index is 0.102. The quantitative estimate of drug-likeness (QED) is 0.671. The first-order chi connectivity index (χ1) is 14.5. The topological polar surface area (TPSA) is 88.9 Å². The molecule has 1 fully saturated rings. The molecule has 8 heteroatoms. The van der Waals surface area contributed by atoms with Crippen molar-refractivity contribution in [3.63, 3.8) is 0 Å². The molecule has 1 aromatic carbocycles. The SMILES string of the molecule is CCOc1ccc2[nH]c(=O)c(C(c3nnnn3C(C)C)N3CCC(C)CC3)cc2c1. The Morgan fingerprint density at radius 3 is 2.70 bits per heavy atom. The van der Waals surface area contributed by atoms with Crippen molar-refractivity contribution in [1.29, 1.82) is 0 Å². The van der Waals surface area contributed by atoms with Gasteiger partial charge in [0.15, 0.2) is 5.82 Å². The van der Waals surface area contributed by atoms with Crippen LogP contribution in [0, 0.1) is 5.92 Å². The number of hydrogen-bond acceptors (Lipinski definition) is 6. The van der Waals surface area contributed by atoms with E-state index in [9.17, 15) is 4.79 Å².